The van der Waals surface area contributed by atoms with Gasteiger partial charge in [0.05, 0.1) is 30.2 Å². The summed E-state index contributed by atoms with van der Waals surface area (Å²) in [5.41, 5.74) is 15.1. The second-order valence-corrected chi connectivity index (χ2v) is 27.6. The number of aryl methyl sites for hydroxylation is 2. The van der Waals surface area contributed by atoms with E-state index in [0.717, 1.165) is 105 Å². The molecule has 0 radical (unpaired) electrons. The van der Waals surface area contributed by atoms with Gasteiger partial charge in [0.1, 0.15) is 54.7 Å². The highest BCUT2D eigenvalue weighted by Crippen LogP contribution is 2.66. The Morgan fingerprint density at radius 2 is 1.66 bits per heavy atom. The van der Waals surface area contributed by atoms with E-state index in [1.165, 1.54) is 73.6 Å². The van der Waals surface area contributed by atoms with Gasteiger partial charge in [0.25, 0.3) is 5.91 Å². The lowest BCUT2D eigenvalue weighted by molar-refractivity contribution is -0.0522. The standard InChI is InChI=1S/C48H55N8O16P3S2/c1-48(2,77-76-25-67-35-20-37(56-24-53-39-44(49)51-23-52-45(39)56)69-36(35)21-68-74(63,64)72-75(65,66)71-73(60,61)62)22-50-46(57)28-11-12-29(32(19-28)47(58)59)38-33-17-26-7-3-13-54-15-5-9-30(40(26)54)42(33)70-43-31-10-6-16-55-14-4-8-27(41(31)55)18-34(38)43/h11-12,17-19,23-24,35-37H,3-10,13-16,20-22,25H2,1-2H3,(H7-,49,50,51,52,57,58,59,60,61,62,63,64,65,66)/p+1/t35?,36-,37-/m1/s1. The first kappa shape index (κ1) is 54.2. The van der Waals surface area contributed by atoms with E-state index in [1.54, 1.807) is 16.7 Å². The summed E-state index contributed by atoms with van der Waals surface area (Å²) in [5, 5.41) is 16.1. The topological polar surface area (TPSA) is 330 Å². The minimum absolute atomic E-state index is 0.00544. The number of rotatable bonds is 18. The van der Waals surface area contributed by atoms with Crippen molar-refractivity contribution in [2.75, 3.05) is 55.9 Å². The van der Waals surface area contributed by atoms with Gasteiger partial charge < -0.3 is 54.8 Å². The molecule has 6 aliphatic heterocycles. The van der Waals surface area contributed by atoms with Gasteiger partial charge in [-0.1, -0.05) is 27.7 Å². The second-order valence-electron chi connectivity index (χ2n) is 20.2. The van der Waals surface area contributed by atoms with E-state index in [2.05, 4.69) is 50.5 Å². The predicted octanol–water partition coefficient (Wildman–Crippen LogP) is 5.11. The van der Waals surface area contributed by atoms with E-state index < -0.39 is 65.1 Å². The normalized spacial score (nSPS) is 21.3. The molecule has 3 unspecified atom stereocenters. The number of nitrogen functional groups attached to an aromatic ring is 1. The number of phosphoric acid groups is 3. The molecule has 11 rings (SSSR count). The fraction of sp³-hybridized carbons (Fsp3) is 0.458. The van der Waals surface area contributed by atoms with Crippen molar-refractivity contribution >= 4 is 85.2 Å². The minimum atomic E-state index is -5.78. The number of benzene rings is 3. The highest BCUT2D eigenvalue weighted by molar-refractivity contribution is 8.77. The first-order valence-corrected chi connectivity index (χ1v) is 31.8. The molecule has 1 amide bonds. The third-order valence-electron chi connectivity index (χ3n) is 14.5. The van der Waals surface area contributed by atoms with Crippen LogP contribution < -0.4 is 35.8 Å². The second kappa shape index (κ2) is 21.0. The van der Waals surface area contributed by atoms with Crippen molar-refractivity contribution in [3.05, 3.63) is 98.1 Å². The Balaban J connectivity index is 0.799. The van der Waals surface area contributed by atoms with Crippen molar-refractivity contribution in [3.8, 4) is 11.5 Å². The van der Waals surface area contributed by atoms with E-state index >= 15 is 0 Å². The predicted molar refractivity (Wildman–Crippen MR) is 283 cm³/mol. The number of aromatic carboxylic acids is 1. The Kier molecular flexibility index (Phi) is 14.8. The molecule has 2 aromatic heterocycles. The van der Waals surface area contributed by atoms with Crippen molar-refractivity contribution in [2.45, 2.75) is 94.8 Å². The molecule has 6 aliphatic rings. The minimum Gasteiger partial charge on any atom is -0.478 e. The van der Waals surface area contributed by atoms with Crippen LogP contribution in [0, 0.1) is 0 Å². The van der Waals surface area contributed by atoms with Gasteiger partial charge in [-0.3, -0.25) is 13.9 Å². The number of carboxylic acid groups (broad SMARTS) is 1. The number of phosphoric ester groups is 1. The molecule has 0 spiro atoms. The Hall–Kier alpha value is -4.75. The van der Waals surface area contributed by atoms with Gasteiger partial charge in [0.15, 0.2) is 11.5 Å². The van der Waals surface area contributed by atoms with E-state index in [0.29, 0.717) is 11.2 Å². The van der Waals surface area contributed by atoms with Gasteiger partial charge in [-0.15, -0.1) is 0 Å². The highest BCUT2D eigenvalue weighted by atomic mass is 33.1. The fourth-order valence-electron chi connectivity index (χ4n) is 11.4. The third kappa shape index (κ3) is 11.1. The van der Waals surface area contributed by atoms with Crippen LogP contribution in [0.1, 0.15) is 106 Å². The number of hydrogen-bond donors (Lipinski definition) is 7. The molecule has 410 valence electrons. The Bertz CT molecular complexity index is 3540. The molecule has 3 aromatic carbocycles. The maximum absolute atomic E-state index is 14.0. The van der Waals surface area contributed by atoms with Crippen molar-refractivity contribution < 1.29 is 75.3 Å². The van der Waals surface area contributed by atoms with Crippen LogP contribution in [0.4, 0.5) is 11.5 Å². The monoisotopic (exact) mass is 1160 g/mol. The van der Waals surface area contributed by atoms with Crippen LogP contribution in [0.2, 0.25) is 0 Å². The van der Waals surface area contributed by atoms with Gasteiger partial charge in [-0.2, -0.15) is 8.62 Å². The lowest BCUT2D eigenvalue weighted by Crippen LogP contribution is -2.45. The molecule has 29 heteroatoms. The molecule has 5 atom stereocenters. The van der Waals surface area contributed by atoms with Crippen molar-refractivity contribution in [1.82, 2.24) is 29.4 Å². The van der Waals surface area contributed by atoms with E-state index in [4.69, 9.17) is 34.3 Å². The summed E-state index contributed by atoms with van der Waals surface area (Å²) in [6.45, 7) is 7.18. The number of ether oxygens (including phenoxy) is 3. The molecule has 1 fully saturated rings. The molecular weight excluding hydrogens is 1100 g/mol. The Morgan fingerprint density at radius 1 is 0.909 bits per heavy atom. The van der Waals surface area contributed by atoms with Crippen LogP contribution in [-0.2, 0) is 62.0 Å². The number of carbonyl (C=O) groups excluding carboxylic acids is 1. The highest BCUT2D eigenvalue weighted by Gasteiger charge is 2.44. The summed E-state index contributed by atoms with van der Waals surface area (Å²) in [7, 11) is -14.2. The largest absolute Gasteiger partial charge is 0.490 e. The summed E-state index contributed by atoms with van der Waals surface area (Å²) < 4.78 is 71.3. The van der Waals surface area contributed by atoms with Gasteiger partial charge in [0, 0.05) is 82.4 Å². The maximum Gasteiger partial charge on any atom is 0.490 e. The van der Waals surface area contributed by atoms with Gasteiger partial charge in [0.2, 0.25) is 5.36 Å². The number of anilines is 2. The number of amides is 1. The SMILES string of the molecule is CC(C)(CNC(=O)c1ccc(C2=c3cc4c5c(c3Oc3c2cc2c6c3CCCN6CCC2)CCC[N+]=5CCC4)c(C(=O)O)c1)SSCOC1C[C@H](n2cnc3c(N)ncnc32)O[C@@H]1COP(=O)(O)OP(=O)(O)OP(=O)(O)O. The first-order valence-electron chi connectivity index (χ1n) is 25.0. The van der Waals surface area contributed by atoms with Gasteiger partial charge in [-0.25, -0.2) is 38.0 Å². The number of nitrogens with two attached hydrogens (primary N) is 1. The molecule has 0 bridgehead atoms. The van der Waals surface area contributed by atoms with Gasteiger partial charge in [-0.05, 0) is 87.8 Å². The van der Waals surface area contributed by atoms with Crippen LogP contribution in [0.3, 0.4) is 0 Å². The lowest BCUT2D eigenvalue weighted by atomic mass is 9.81. The molecular formula is C48H56N8O16P3S2+. The molecule has 24 nitrogen and oxygen atoms in total. The fourth-order valence-corrected chi connectivity index (χ4v) is 16.6. The van der Waals surface area contributed by atoms with Crippen molar-refractivity contribution in [3.63, 3.8) is 0 Å². The number of nitrogens with one attached hydrogen (secondary N) is 1. The number of imidazole rings is 1. The van der Waals surface area contributed by atoms with Gasteiger partial charge >= 0.3 is 29.4 Å². The lowest BCUT2D eigenvalue weighted by Gasteiger charge is -2.39. The molecule has 5 aromatic rings. The van der Waals surface area contributed by atoms with Crippen LogP contribution in [0.15, 0.2) is 43.0 Å². The zero-order valence-corrected chi connectivity index (χ0v) is 46.0. The molecule has 0 saturated carbocycles. The number of aromatic nitrogens is 4. The van der Waals surface area contributed by atoms with Crippen LogP contribution in [-0.4, -0.2) is 118 Å². The van der Waals surface area contributed by atoms with Crippen molar-refractivity contribution in [1.29, 1.82) is 0 Å². The molecule has 1 saturated heterocycles. The smallest absolute Gasteiger partial charge is 0.478 e. The molecule has 8 heterocycles. The van der Waals surface area contributed by atoms with Crippen LogP contribution >= 0.6 is 45.1 Å². The number of hydrogen-bond acceptors (Lipinski definition) is 18. The van der Waals surface area contributed by atoms with Crippen LogP contribution in [0.25, 0.3) is 16.7 Å². The number of carbonyl (C=O) groups is 2. The van der Waals surface area contributed by atoms with E-state index in [9.17, 15) is 38.2 Å². The molecule has 0 aliphatic carbocycles. The first-order chi connectivity index (χ1) is 36.6. The molecule has 8 N–H and O–H groups in total. The zero-order chi connectivity index (χ0) is 54.2. The van der Waals surface area contributed by atoms with E-state index in [-0.39, 0.29) is 41.4 Å². The summed E-state index contributed by atoms with van der Waals surface area (Å²) in [4.78, 5) is 80.1. The number of fused-ring (bicyclic) bond motifs is 5. The van der Waals surface area contributed by atoms with Crippen molar-refractivity contribution in [2.24, 2.45) is 0 Å². The summed E-state index contributed by atoms with van der Waals surface area (Å²) in [6, 6.07) is 9.35. The average Bonchev–Trinajstić information content (AvgIpc) is 4.20. The number of nitrogens with zero attached hydrogens (tertiary/aromatic N) is 6. The maximum atomic E-state index is 14.0. The van der Waals surface area contributed by atoms with E-state index in [1.807, 2.05) is 13.8 Å². The summed E-state index contributed by atoms with van der Waals surface area (Å²) >= 11 is 0. The summed E-state index contributed by atoms with van der Waals surface area (Å²) in [5.74, 6) is 0.110. The van der Waals surface area contributed by atoms with Crippen LogP contribution in [0.5, 0.6) is 11.5 Å². The Labute approximate surface area is 448 Å². The quantitative estimate of drug-likeness (QED) is 0.0193. The zero-order valence-electron chi connectivity index (χ0n) is 41.7. The molecule has 77 heavy (non-hydrogen) atoms. The Morgan fingerprint density at radius 3 is 2.44 bits per heavy atom. The number of carboxylic acids is 1. The summed E-state index contributed by atoms with van der Waals surface area (Å²) in [6.07, 6.45) is 7.54. The average molecular weight is 1160 g/mol. The third-order valence-corrected chi connectivity index (χ3v) is 21.2.